The molecular formula is C15H28N4. The van der Waals surface area contributed by atoms with Crippen LogP contribution in [0.15, 0.2) is 6.20 Å². The fourth-order valence-electron chi connectivity index (χ4n) is 1.91. The first-order valence-electron chi connectivity index (χ1n) is 7.37. The number of hydrogen-bond acceptors (Lipinski definition) is 4. The Morgan fingerprint density at radius 2 is 2.05 bits per heavy atom. The van der Waals surface area contributed by atoms with Gasteiger partial charge in [0.05, 0.1) is 17.6 Å². The molecule has 0 aromatic carbocycles. The molecule has 1 N–H and O–H groups in total. The predicted octanol–water partition coefficient (Wildman–Crippen LogP) is 2.95. The average molecular weight is 264 g/mol. The van der Waals surface area contributed by atoms with Gasteiger partial charge in [-0.2, -0.15) is 0 Å². The van der Waals surface area contributed by atoms with Gasteiger partial charge in [-0.25, -0.2) is 9.97 Å². The summed E-state index contributed by atoms with van der Waals surface area (Å²) >= 11 is 0. The molecule has 0 fully saturated rings. The third kappa shape index (κ3) is 4.78. The maximum Gasteiger partial charge on any atom is 0.131 e. The van der Waals surface area contributed by atoms with Crippen LogP contribution < -0.4 is 10.2 Å². The van der Waals surface area contributed by atoms with Crippen LogP contribution in [-0.2, 0) is 6.54 Å². The molecule has 0 unspecified atom stereocenters. The van der Waals surface area contributed by atoms with Crippen molar-refractivity contribution in [2.75, 3.05) is 25.0 Å². The quantitative estimate of drug-likeness (QED) is 0.784. The zero-order valence-corrected chi connectivity index (χ0v) is 13.0. The highest BCUT2D eigenvalue weighted by atomic mass is 15.1. The summed E-state index contributed by atoms with van der Waals surface area (Å²) in [6.45, 7) is 11.4. The Morgan fingerprint density at radius 1 is 1.32 bits per heavy atom. The molecule has 4 nitrogen and oxygen atoms in total. The molecule has 0 bridgehead atoms. The number of anilines is 1. The van der Waals surface area contributed by atoms with Gasteiger partial charge in [0.15, 0.2) is 0 Å². The largest absolute Gasteiger partial charge is 0.372 e. The van der Waals surface area contributed by atoms with Gasteiger partial charge in [0.25, 0.3) is 0 Å². The van der Waals surface area contributed by atoms with Crippen LogP contribution in [0.25, 0.3) is 0 Å². The molecule has 0 saturated carbocycles. The molecule has 1 heterocycles. The summed E-state index contributed by atoms with van der Waals surface area (Å²) in [5.74, 6) is 1.30. The molecule has 0 aliphatic heterocycles. The van der Waals surface area contributed by atoms with Crippen LogP contribution >= 0.6 is 0 Å². The summed E-state index contributed by atoms with van der Waals surface area (Å²) in [7, 11) is 2.12. The van der Waals surface area contributed by atoms with E-state index in [1.807, 2.05) is 6.20 Å². The Bertz CT molecular complexity index is 376. The van der Waals surface area contributed by atoms with Gasteiger partial charge in [-0.1, -0.05) is 34.1 Å². The molecule has 1 rings (SSSR count). The fourth-order valence-corrected chi connectivity index (χ4v) is 1.91. The van der Waals surface area contributed by atoms with Crippen molar-refractivity contribution in [3.05, 3.63) is 17.7 Å². The lowest BCUT2D eigenvalue weighted by molar-refractivity contribution is 0.678. The van der Waals surface area contributed by atoms with E-state index in [-0.39, 0.29) is 0 Å². The molecule has 0 amide bonds. The zero-order chi connectivity index (χ0) is 14.3. The lowest BCUT2D eigenvalue weighted by Crippen LogP contribution is -2.24. The summed E-state index contributed by atoms with van der Waals surface area (Å²) < 4.78 is 0. The highest BCUT2D eigenvalue weighted by Gasteiger charge is 2.12. The van der Waals surface area contributed by atoms with Gasteiger partial charge in [-0.3, -0.25) is 0 Å². The van der Waals surface area contributed by atoms with Crippen molar-refractivity contribution in [1.29, 1.82) is 0 Å². The van der Waals surface area contributed by atoms with Crippen molar-refractivity contribution >= 4 is 5.69 Å². The Morgan fingerprint density at radius 3 is 2.63 bits per heavy atom. The molecule has 0 aliphatic rings. The number of nitrogens with zero attached hydrogens (tertiary/aromatic N) is 3. The molecule has 0 radical (unpaired) electrons. The number of aromatic nitrogens is 2. The summed E-state index contributed by atoms with van der Waals surface area (Å²) in [5, 5.41) is 3.37. The monoisotopic (exact) mass is 264 g/mol. The highest BCUT2D eigenvalue weighted by Crippen LogP contribution is 2.19. The maximum atomic E-state index is 4.72. The number of nitrogens with one attached hydrogen (secondary N) is 1. The average Bonchev–Trinajstić information content (AvgIpc) is 2.42. The van der Waals surface area contributed by atoms with Crippen molar-refractivity contribution in [2.45, 2.75) is 53.0 Å². The second-order valence-electron chi connectivity index (χ2n) is 5.27. The van der Waals surface area contributed by atoms with Crippen LogP contribution in [-0.4, -0.2) is 30.1 Å². The SMILES string of the molecule is CCCCN(C)c1cnc(C(C)C)nc1CNCC. The molecule has 108 valence electrons. The summed E-state index contributed by atoms with van der Waals surface area (Å²) in [5.41, 5.74) is 2.26. The second-order valence-corrected chi connectivity index (χ2v) is 5.27. The first-order valence-corrected chi connectivity index (χ1v) is 7.37. The van der Waals surface area contributed by atoms with Crippen molar-refractivity contribution in [3.8, 4) is 0 Å². The first-order chi connectivity index (χ1) is 9.10. The minimum atomic E-state index is 0.371. The maximum absolute atomic E-state index is 4.72. The van der Waals surface area contributed by atoms with Gasteiger partial charge in [0.2, 0.25) is 0 Å². The van der Waals surface area contributed by atoms with Crippen molar-refractivity contribution < 1.29 is 0 Å². The summed E-state index contributed by atoms with van der Waals surface area (Å²) in [6.07, 6.45) is 4.38. The van der Waals surface area contributed by atoms with E-state index >= 15 is 0 Å². The molecule has 1 aromatic rings. The second kappa shape index (κ2) is 8.10. The van der Waals surface area contributed by atoms with E-state index in [1.54, 1.807) is 0 Å². The van der Waals surface area contributed by atoms with Crippen LogP contribution in [0.4, 0.5) is 5.69 Å². The van der Waals surface area contributed by atoms with Crippen molar-refractivity contribution in [2.24, 2.45) is 0 Å². The van der Waals surface area contributed by atoms with E-state index in [0.29, 0.717) is 5.92 Å². The Labute approximate surface area is 117 Å². The van der Waals surface area contributed by atoms with E-state index < -0.39 is 0 Å². The van der Waals surface area contributed by atoms with Gasteiger partial charge in [-0.05, 0) is 13.0 Å². The number of hydrogen-bond donors (Lipinski definition) is 1. The number of rotatable bonds is 8. The van der Waals surface area contributed by atoms with E-state index in [4.69, 9.17) is 4.98 Å². The molecule has 0 aliphatic carbocycles. The van der Waals surface area contributed by atoms with Crippen LogP contribution in [0, 0.1) is 0 Å². The molecular weight excluding hydrogens is 236 g/mol. The van der Waals surface area contributed by atoms with Crippen LogP contribution in [0.2, 0.25) is 0 Å². The summed E-state index contributed by atoms with van der Waals surface area (Å²) in [6, 6.07) is 0. The van der Waals surface area contributed by atoms with Crippen molar-refractivity contribution in [3.63, 3.8) is 0 Å². The Kier molecular flexibility index (Phi) is 6.78. The molecule has 1 aromatic heterocycles. The van der Waals surface area contributed by atoms with Crippen LogP contribution in [0.5, 0.6) is 0 Å². The molecule has 19 heavy (non-hydrogen) atoms. The van der Waals surface area contributed by atoms with Gasteiger partial charge in [0.1, 0.15) is 5.82 Å². The lowest BCUT2D eigenvalue weighted by atomic mass is 10.2. The third-order valence-corrected chi connectivity index (χ3v) is 3.18. The summed E-state index contributed by atoms with van der Waals surface area (Å²) in [4.78, 5) is 11.5. The topological polar surface area (TPSA) is 41.1 Å². The first kappa shape index (κ1) is 15.9. The van der Waals surface area contributed by atoms with Gasteiger partial charge in [-0.15, -0.1) is 0 Å². The predicted molar refractivity (Wildman–Crippen MR) is 81.7 cm³/mol. The van der Waals surface area contributed by atoms with E-state index in [0.717, 1.165) is 36.8 Å². The van der Waals surface area contributed by atoms with E-state index in [1.165, 1.54) is 12.8 Å². The zero-order valence-electron chi connectivity index (χ0n) is 13.0. The van der Waals surface area contributed by atoms with Crippen LogP contribution in [0.3, 0.4) is 0 Å². The minimum Gasteiger partial charge on any atom is -0.372 e. The van der Waals surface area contributed by atoms with E-state index in [9.17, 15) is 0 Å². The highest BCUT2D eigenvalue weighted by molar-refractivity contribution is 5.48. The standard InChI is InChI=1S/C15H28N4/c1-6-8-9-19(5)14-11-17-15(12(3)4)18-13(14)10-16-7-2/h11-12,16H,6-10H2,1-5H3. The van der Waals surface area contributed by atoms with Gasteiger partial charge >= 0.3 is 0 Å². The molecule has 0 spiro atoms. The smallest absolute Gasteiger partial charge is 0.131 e. The van der Waals surface area contributed by atoms with Crippen LogP contribution in [0.1, 0.15) is 58.0 Å². The lowest BCUT2D eigenvalue weighted by Gasteiger charge is -2.22. The number of unbranched alkanes of at least 4 members (excludes halogenated alkanes) is 1. The minimum absolute atomic E-state index is 0.371. The Hall–Kier alpha value is -1.16. The fraction of sp³-hybridized carbons (Fsp3) is 0.733. The molecule has 0 atom stereocenters. The normalized spacial score (nSPS) is 11.1. The third-order valence-electron chi connectivity index (χ3n) is 3.18. The van der Waals surface area contributed by atoms with E-state index in [2.05, 4.69) is 49.9 Å². The Balaban J connectivity index is 2.93. The molecule has 4 heteroatoms. The van der Waals surface area contributed by atoms with Gasteiger partial charge < -0.3 is 10.2 Å². The van der Waals surface area contributed by atoms with Crippen molar-refractivity contribution in [1.82, 2.24) is 15.3 Å². The molecule has 0 saturated heterocycles. The van der Waals surface area contributed by atoms with Gasteiger partial charge in [0, 0.05) is 26.1 Å².